The summed E-state index contributed by atoms with van der Waals surface area (Å²) in [7, 11) is 2.14. The third-order valence-corrected chi connectivity index (χ3v) is 3.31. The van der Waals surface area contributed by atoms with E-state index in [-0.39, 0.29) is 0 Å². The molecule has 1 rings (SSSR count). The van der Waals surface area contributed by atoms with Gasteiger partial charge in [0.25, 0.3) is 0 Å². The highest BCUT2D eigenvalue weighted by atomic mass is 16.5. The second-order valence-electron chi connectivity index (χ2n) is 5.86. The van der Waals surface area contributed by atoms with E-state index in [4.69, 9.17) is 4.52 Å². The van der Waals surface area contributed by atoms with Crippen LogP contribution in [0, 0.1) is 5.92 Å². The summed E-state index contributed by atoms with van der Waals surface area (Å²) >= 11 is 0. The van der Waals surface area contributed by atoms with Gasteiger partial charge in [0.05, 0.1) is 12.2 Å². The predicted octanol–water partition coefficient (Wildman–Crippen LogP) is 3.04. The zero-order chi connectivity index (χ0) is 14.3. The third-order valence-electron chi connectivity index (χ3n) is 3.31. The van der Waals surface area contributed by atoms with Crippen LogP contribution in [0.1, 0.15) is 52.0 Å². The molecule has 4 heteroatoms. The smallest absolute Gasteiger partial charge is 0.151 e. The molecule has 0 saturated heterocycles. The minimum atomic E-state index is 0.562. The molecule has 1 aromatic heterocycles. The van der Waals surface area contributed by atoms with Crippen LogP contribution in [0.15, 0.2) is 10.6 Å². The number of rotatable bonds is 9. The van der Waals surface area contributed by atoms with Crippen LogP contribution in [0.25, 0.3) is 0 Å². The van der Waals surface area contributed by atoms with Gasteiger partial charge in [0.15, 0.2) is 5.76 Å². The van der Waals surface area contributed by atoms with E-state index >= 15 is 0 Å². The van der Waals surface area contributed by atoms with Crippen molar-refractivity contribution in [3.63, 3.8) is 0 Å². The molecule has 0 saturated carbocycles. The molecule has 0 fully saturated rings. The molecule has 19 heavy (non-hydrogen) atoms. The van der Waals surface area contributed by atoms with Crippen LogP contribution < -0.4 is 5.32 Å². The van der Waals surface area contributed by atoms with Crippen molar-refractivity contribution < 1.29 is 4.52 Å². The summed E-state index contributed by atoms with van der Waals surface area (Å²) in [5, 5.41) is 7.43. The Kier molecular flexibility index (Phi) is 7.10. The van der Waals surface area contributed by atoms with E-state index in [9.17, 15) is 0 Å². The highest BCUT2D eigenvalue weighted by molar-refractivity contribution is 5.05. The molecular weight excluding hydrogens is 238 g/mol. The molecule has 110 valence electrons. The first-order valence-electron chi connectivity index (χ1n) is 7.38. The normalized spacial score (nSPS) is 13.4. The fraction of sp³-hybridized carbons (Fsp3) is 0.800. The molecule has 1 unspecified atom stereocenters. The van der Waals surface area contributed by atoms with Crippen molar-refractivity contribution in [2.24, 2.45) is 5.92 Å². The van der Waals surface area contributed by atoms with E-state index in [1.54, 1.807) is 0 Å². The van der Waals surface area contributed by atoms with Gasteiger partial charge in [-0.15, -0.1) is 0 Å². The fourth-order valence-electron chi connectivity index (χ4n) is 2.17. The Hall–Kier alpha value is -0.870. The molecular formula is C15H29N3O. The topological polar surface area (TPSA) is 41.3 Å². The summed E-state index contributed by atoms with van der Waals surface area (Å²) in [5.41, 5.74) is 0.994. The highest BCUT2D eigenvalue weighted by Gasteiger charge is 2.13. The minimum Gasteiger partial charge on any atom is -0.360 e. The third kappa shape index (κ3) is 6.21. The fourth-order valence-corrected chi connectivity index (χ4v) is 2.17. The van der Waals surface area contributed by atoms with E-state index in [0.717, 1.165) is 43.4 Å². The van der Waals surface area contributed by atoms with E-state index in [0.29, 0.717) is 6.04 Å². The maximum absolute atomic E-state index is 5.39. The van der Waals surface area contributed by atoms with E-state index in [2.05, 4.69) is 56.2 Å². The summed E-state index contributed by atoms with van der Waals surface area (Å²) in [4.78, 5) is 2.32. The van der Waals surface area contributed by atoms with Crippen LogP contribution in [0.4, 0.5) is 0 Å². The van der Waals surface area contributed by atoms with Gasteiger partial charge in [-0.2, -0.15) is 0 Å². The van der Waals surface area contributed by atoms with Crippen LogP contribution >= 0.6 is 0 Å². The lowest BCUT2D eigenvalue weighted by Crippen LogP contribution is -2.29. The lowest BCUT2D eigenvalue weighted by molar-refractivity contribution is 0.197. The first-order valence-corrected chi connectivity index (χ1v) is 7.38. The maximum atomic E-state index is 5.39. The van der Waals surface area contributed by atoms with Gasteiger partial charge in [-0.1, -0.05) is 25.9 Å². The van der Waals surface area contributed by atoms with Gasteiger partial charge in [-0.3, -0.25) is 4.90 Å². The predicted molar refractivity (Wildman–Crippen MR) is 78.9 cm³/mol. The quantitative estimate of drug-likeness (QED) is 0.698. The molecule has 0 spiro atoms. The largest absolute Gasteiger partial charge is 0.360 e. The SMILES string of the molecule is CCCNCc1cc(CN(C)C(C)CC(C)C)on1. The van der Waals surface area contributed by atoms with Gasteiger partial charge < -0.3 is 9.84 Å². The maximum Gasteiger partial charge on any atom is 0.151 e. The van der Waals surface area contributed by atoms with Crippen LogP contribution in [0.2, 0.25) is 0 Å². The average molecular weight is 267 g/mol. The number of hydrogen-bond donors (Lipinski definition) is 1. The average Bonchev–Trinajstić information content (AvgIpc) is 2.76. The highest BCUT2D eigenvalue weighted by Crippen LogP contribution is 2.13. The molecule has 0 radical (unpaired) electrons. The summed E-state index contributed by atoms with van der Waals surface area (Å²) < 4.78 is 5.39. The Labute approximate surface area is 117 Å². The Morgan fingerprint density at radius 1 is 1.37 bits per heavy atom. The van der Waals surface area contributed by atoms with E-state index in [1.165, 1.54) is 6.42 Å². The number of nitrogens with zero attached hydrogens (tertiary/aromatic N) is 2. The Balaban J connectivity index is 2.39. The monoisotopic (exact) mass is 267 g/mol. The zero-order valence-corrected chi connectivity index (χ0v) is 13.1. The van der Waals surface area contributed by atoms with Crippen LogP contribution in [0.3, 0.4) is 0 Å². The Bertz CT molecular complexity index is 349. The second kappa shape index (κ2) is 8.33. The van der Waals surface area contributed by atoms with Gasteiger partial charge >= 0.3 is 0 Å². The summed E-state index contributed by atoms with van der Waals surface area (Å²) in [6.07, 6.45) is 2.34. The summed E-state index contributed by atoms with van der Waals surface area (Å²) in [6, 6.07) is 2.62. The number of hydrogen-bond acceptors (Lipinski definition) is 4. The molecule has 0 bridgehead atoms. The molecule has 0 aromatic carbocycles. The first kappa shape index (κ1) is 16.2. The number of nitrogens with one attached hydrogen (secondary N) is 1. The lowest BCUT2D eigenvalue weighted by Gasteiger charge is -2.24. The summed E-state index contributed by atoms with van der Waals surface area (Å²) in [6.45, 7) is 11.6. The molecule has 1 heterocycles. The first-order chi connectivity index (χ1) is 9.02. The molecule has 0 aliphatic carbocycles. The van der Waals surface area contributed by atoms with Gasteiger partial charge in [0.2, 0.25) is 0 Å². The van der Waals surface area contributed by atoms with Crippen molar-refractivity contribution in [3.8, 4) is 0 Å². The van der Waals surface area contributed by atoms with Gasteiger partial charge in [0.1, 0.15) is 0 Å². The van der Waals surface area contributed by atoms with Crippen molar-refractivity contribution in [2.75, 3.05) is 13.6 Å². The standard InChI is InChI=1S/C15H29N3O/c1-6-7-16-10-14-9-15(19-17-14)11-18(5)13(4)8-12(2)3/h9,12-13,16H,6-8,10-11H2,1-5H3. The van der Waals surface area contributed by atoms with Crippen LogP contribution in [0.5, 0.6) is 0 Å². The lowest BCUT2D eigenvalue weighted by atomic mass is 10.0. The molecule has 1 aromatic rings. The second-order valence-corrected chi connectivity index (χ2v) is 5.86. The minimum absolute atomic E-state index is 0.562. The molecule has 1 atom stereocenters. The molecule has 4 nitrogen and oxygen atoms in total. The van der Waals surface area contributed by atoms with Crippen molar-refractivity contribution in [1.29, 1.82) is 0 Å². The molecule has 0 aliphatic rings. The van der Waals surface area contributed by atoms with Crippen LogP contribution in [-0.2, 0) is 13.1 Å². The molecule has 0 amide bonds. The Morgan fingerprint density at radius 3 is 2.74 bits per heavy atom. The van der Waals surface area contributed by atoms with Gasteiger partial charge in [0, 0.05) is 18.7 Å². The van der Waals surface area contributed by atoms with Gasteiger partial charge in [-0.25, -0.2) is 0 Å². The van der Waals surface area contributed by atoms with Crippen molar-refractivity contribution in [3.05, 3.63) is 17.5 Å². The zero-order valence-electron chi connectivity index (χ0n) is 13.1. The van der Waals surface area contributed by atoms with Crippen molar-refractivity contribution in [2.45, 2.75) is 59.7 Å². The van der Waals surface area contributed by atoms with Gasteiger partial charge in [-0.05, 0) is 39.3 Å². The summed E-state index contributed by atoms with van der Waals surface area (Å²) in [5.74, 6) is 1.67. The van der Waals surface area contributed by atoms with Crippen molar-refractivity contribution >= 4 is 0 Å². The number of aromatic nitrogens is 1. The van der Waals surface area contributed by atoms with Crippen molar-refractivity contribution in [1.82, 2.24) is 15.4 Å². The Morgan fingerprint density at radius 2 is 2.11 bits per heavy atom. The van der Waals surface area contributed by atoms with E-state index < -0.39 is 0 Å². The molecule has 1 N–H and O–H groups in total. The van der Waals surface area contributed by atoms with E-state index in [1.807, 2.05) is 0 Å². The molecule has 0 aliphatic heterocycles. The van der Waals surface area contributed by atoms with Crippen LogP contribution in [-0.4, -0.2) is 29.7 Å².